The number of carbonyl (C=O) groups is 2. The van der Waals surface area contributed by atoms with Gasteiger partial charge in [0.05, 0.1) is 27.4 Å². The molecule has 0 saturated carbocycles. The van der Waals surface area contributed by atoms with Crippen molar-refractivity contribution in [3.63, 3.8) is 0 Å². The van der Waals surface area contributed by atoms with Crippen LogP contribution in [0.3, 0.4) is 0 Å². The first-order valence-electron chi connectivity index (χ1n) is 12.8. The van der Waals surface area contributed by atoms with Crippen LogP contribution in [0, 0.1) is 0 Å². The number of carbonyl (C=O) groups excluding carboxylic acids is 2. The summed E-state index contributed by atoms with van der Waals surface area (Å²) < 4.78 is 21.9. The molecule has 3 aromatic rings. The van der Waals surface area contributed by atoms with E-state index in [-0.39, 0.29) is 24.3 Å². The standard InChI is InChI=1S/C30H37NO6S/c1-7-30(3,4)21-12-14-22(15-13-21)37-17-9-10-26(32)31-28-27(29(33)36-8-2)23(19-38-28)20-11-16-24(34-5)25(18-20)35-6/h11-16,18-19H,7-10,17H2,1-6H3,(H,31,32). The van der Waals surface area contributed by atoms with E-state index in [1.165, 1.54) is 16.9 Å². The summed E-state index contributed by atoms with van der Waals surface area (Å²) >= 11 is 1.28. The summed E-state index contributed by atoms with van der Waals surface area (Å²) in [7, 11) is 3.12. The molecular formula is C30H37NO6S. The number of methoxy groups -OCH3 is 2. The van der Waals surface area contributed by atoms with Crippen molar-refractivity contribution in [1.82, 2.24) is 0 Å². The normalized spacial score (nSPS) is 11.1. The zero-order valence-corrected chi connectivity index (χ0v) is 23.8. The number of esters is 1. The van der Waals surface area contributed by atoms with Gasteiger partial charge in [-0.2, -0.15) is 0 Å². The van der Waals surface area contributed by atoms with Crippen molar-refractivity contribution in [3.8, 4) is 28.4 Å². The van der Waals surface area contributed by atoms with Crippen LogP contribution in [0.5, 0.6) is 17.2 Å². The SMILES string of the molecule is CCOC(=O)c1c(-c2ccc(OC)c(OC)c2)csc1NC(=O)CCCOc1ccc(C(C)(C)CC)cc1. The first kappa shape index (κ1) is 29.0. The van der Waals surface area contributed by atoms with Crippen LogP contribution in [-0.4, -0.2) is 39.3 Å². The van der Waals surface area contributed by atoms with Gasteiger partial charge in [-0.05, 0) is 60.6 Å². The Hall–Kier alpha value is -3.52. The van der Waals surface area contributed by atoms with Gasteiger partial charge in [-0.15, -0.1) is 11.3 Å². The first-order chi connectivity index (χ1) is 18.2. The number of thiophene rings is 1. The lowest BCUT2D eigenvalue weighted by atomic mass is 9.82. The Morgan fingerprint density at radius 2 is 1.68 bits per heavy atom. The summed E-state index contributed by atoms with van der Waals surface area (Å²) in [6.45, 7) is 9.01. The average Bonchev–Trinajstić information content (AvgIpc) is 3.34. The molecule has 8 heteroatoms. The van der Waals surface area contributed by atoms with E-state index in [0.29, 0.717) is 40.7 Å². The molecule has 2 aromatic carbocycles. The van der Waals surface area contributed by atoms with E-state index >= 15 is 0 Å². The van der Waals surface area contributed by atoms with Gasteiger partial charge in [0.15, 0.2) is 11.5 Å². The van der Waals surface area contributed by atoms with Crippen molar-refractivity contribution >= 4 is 28.2 Å². The molecule has 0 aliphatic carbocycles. The third-order valence-corrected chi connectivity index (χ3v) is 7.45. The molecule has 7 nitrogen and oxygen atoms in total. The van der Waals surface area contributed by atoms with Crippen LogP contribution >= 0.6 is 11.3 Å². The molecule has 0 atom stereocenters. The summed E-state index contributed by atoms with van der Waals surface area (Å²) in [6.07, 6.45) is 1.85. The number of nitrogens with one attached hydrogen (secondary N) is 1. The largest absolute Gasteiger partial charge is 0.494 e. The smallest absolute Gasteiger partial charge is 0.341 e. The average molecular weight is 540 g/mol. The van der Waals surface area contributed by atoms with Crippen LogP contribution in [0.4, 0.5) is 5.00 Å². The Morgan fingerprint density at radius 3 is 2.32 bits per heavy atom. The Labute approximate surface area is 229 Å². The van der Waals surface area contributed by atoms with E-state index < -0.39 is 5.97 Å². The van der Waals surface area contributed by atoms with E-state index in [0.717, 1.165) is 17.7 Å². The number of ether oxygens (including phenoxy) is 4. The van der Waals surface area contributed by atoms with Gasteiger partial charge in [0.25, 0.3) is 0 Å². The minimum absolute atomic E-state index is 0.125. The van der Waals surface area contributed by atoms with Crippen molar-refractivity contribution in [2.45, 2.75) is 52.4 Å². The maximum Gasteiger partial charge on any atom is 0.341 e. The van der Waals surface area contributed by atoms with Gasteiger partial charge in [0.1, 0.15) is 16.3 Å². The third kappa shape index (κ3) is 7.07. The summed E-state index contributed by atoms with van der Waals surface area (Å²) in [5, 5.41) is 5.17. The molecule has 0 bridgehead atoms. The fourth-order valence-electron chi connectivity index (χ4n) is 3.89. The van der Waals surface area contributed by atoms with Crippen LogP contribution < -0.4 is 19.5 Å². The maximum atomic E-state index is 12.9. The second kappa shape index (κ2) is 13.3. The highest BCUT2D eigenvalue weighted by Gasteiger charge is 2.23. The van der Waals surface area contributed by atoms with Gasteiger partial charge >= 0.3 is 5.97 Å². The molecule has 0 saturated heterocycles. The lowest BCUT2D eigenvalue weighted by Gasteiger charge is -2.23. The number of benzene rings is 2. The summed E-state index contributed by atoms with van der Waals surface area (Å²) in [6, 6.07) is 13.5. The van der Waals surface area contributed by atoms with Crippen LogP contribution in [0.2, 0.25) is 0 Å². The van der Waals surface area contributed by atoms with Gasteiger partial charge in [-0.1, -0.05) is 39.0 Å². The molecule has 0 radical (unpaired) electrons. The van der Waals surface area contributed by atoms with E-state index in [1.54, 1.807) is 33.3 Å². The van der Waals surface area contributed by atoms with Crippen LogP contribution in [0.1, 0.15) is 62.9 Å². The zero-order chi connectivity index (χ0) is 27.7. The molecule has 38 heavy (non-hydrogen) atoms. The summed E-state index contributed by atoms with van der Waals surface area (Å²) in [5.41, 5.74) is 3.13. The predicted octanol–water partition coefficient (Wildman–Crippen LogP) is 7.09. The highest BCUT2D eigenvalue weighted by atomic mass is 32.1. The minimum Gasteiger partial charge on any atom is -0.494 e. The lowest BCUT2D eigenvalue weighted by molar-refractivity contribution is -0.116. The van der Waals surface area contributed by atoms with Crippen molar-refractivity contribution in [3.05, 3.63) is 59.0 Å². The monoisotopic (exact) mass is 539 g/mol. The Bertz CT molecular complexity index is 1230. The van der Waals surface area contributed by atoms with Gasteiger partial charge in [-0.3, -0.25) is 4.79 Å². The minimum atomic E-state index is -0.494. The highest BCUT2D eigenvalue weighted by Crippen LogP contribution is 2.39. The molecule has 1 heterocycles. The quantitative estimate of drug-likeness (QED) is 0.184. The molecule has 1 aromatic heterocycles. The number of anilines is 1. The lowest BCUT2D eigenvalue weighted by Crippen LogP contribution is -2.15. The Morgan fingerprint density at radius 1 is 0.974 bits per heavy atom. The van der Waals surface area contributed by atoms with Crippen LogP contribution in [-0.2, 0) is 14.9 Å². The fourth-order valence-corrected chi connectivity index (χ4v) is 4.86. The second-order valence-electron chi connectivity index (χ2n) is 9.41. The topological polar surface area (TPSA) is 83.1 Å². The molecule has 0 fully saturated rings. The first-order valence-corrected chi connectivity index (χ1v) is 13.7. The van der Waals surface area contributed by atoms with E-state index in [2.05, 4.69) is 38.2 Å². The van der Waals surface area contributed by atoms with E-state index in [1.807, 2.05) is 23.6 Å². The molecule has 1 N–H and O–H groups in total. The number of hydrogen-bond donors (Lipinski definition) is 1. The van der Waals surface area contributed by atoms with Gasteiger partial charge in [0.2, 0.25) is 5.91 Å². The highest BCUT2D eigenvalue weighted by molar-refractivity contribution is 7.15. The second-order valence-corrected chi connectivity index (χ2v) is 10.3. The maximum absolute atomic E-state index is 12.9. The molecule has 204 valence electrons. The van der Waals surface area contributed by atoms with Gasteiger partial charge in [0, 0.05) is 17.4 Å². The van der Waals surface area contributed by atoms with Crippen molar-refractivity contribution in [1.29, 1.82) is 0 Å². The van der Waals surface area contributed by atoms with Gasteiger partial charge in [-0.25, -0.2) is 4.79 Å². The van der Waals surface area contributed by atoms with E-state index in [9.17, 15) is 9.59 Å². The molecular weight excluding hydrogens is 502 g/mol. The number of rotatable bonds is 13. The Balaban J connectivity index is 1.65. The van der Waals surface area contributed by atoms with E-state index in [4.69, 9.17) is 18.9 Å². The summed E-state index contributed by atoms with van der Waals surface area (Å²) in [5.74, 6) is 1.22. The third-order valence-electron chi connectivity index (χ3n) is 6.55. The van der Waals surface area contributed by atoms with Crippen LogP contribution in [0.25, 0.3) is 11.1 Å². The number of hydrogen-bond acceptors (Lipinski definition) is 7. The van der Waals surface area contributed by atoms with Crippen molar-refractivity contribution in [2.24, 2.45) is 0 Å². The van der Waals surface area contributed by atoms with Crippen LogP contribution in [0.15, 0.2) is 47.8 Å². The molecule has 0 unspecified atom stereocenters. The molecule has 0 aliphatic rings. The molecule has 0 spiro atoms. The summed E-state index contributed by atoms with van der Waals surface area (Å²) in [4.78, 5) is 25.6. The van der Waals surface area contributed by atoms with Crippen molar-refractivity contribution in [2.75, 3.05) is 32.8 Å². The molecule has 0 aliphatic heterocycles. The molecule has 1 amide bonds. The number of amides is 1. The fraction of sp³-hybridized carbons (Fsp3) is 0.400. The van der Waals surface area contributed by atoms with Gasteiger partial charge < -0.3 is 24.3 Å². The zero-order valence-electron chi connectivity index (χ0n) is 23.0. The predicted molar refractivity (Wildman–Crippen MR) is 152 cm³/mol. The molecule has 3 rings (SSSR count). The Kier molecular flexibility index (Phi) is 10.2. The van der Waals surface area contributed by atoms with Crippen molar-refractivity contribution < 1.29 is 28.5 Å².